The van der Waals surface area contributed by atoms with E-state index >= 15 is 0 Å². The summed E-state index contributed by atoms with van der Waals surface area (Å²) in [6.45, 7) is 0. The number of fused-ring (bicyclic) bond motifs is 1. The molecule has 1 aliphatic heterocycles. The average Bonchev–Trinajstić information content (AvgIpc) is 3.04. The maximum atomic E-state index is 13.9. The first-order valence-corrected chi connectivity index (χ1v) is 11.6. The molecule has 3 N–H and O–H groups in total. The zero-order valence-electron chi connectivity index (χ0n) is 17.0. The fourth-order valence-corrected chi connectivity index (χ4v) is 6.28. The summed E-state index contributed by atoms with van der Waals surface area (Å²) in [7, 11) is -1.51. The Morgan fingerprint density at radius 1 is 0.969 bits per heavy atom. The van der Waals surface area contributed by atoms with Crippen molar-refractivity contribution in [1.82, 2.24) is 0 Å². The number of nitrogens with two attached hydrogens (primary N) is 1. The lowest BCUT2D eigenvalue weighted by molar-refractivity contribution is -0.119. The molecule has 3 aromatic carbocycles. The lowest BCUT2D eigenvalue weighted by Crippen LogP contribution is -2.45. The largest absolute Gasteiger partial charge is 0.497 e. The number of methoxy groups -OCH3 is 2. The molecule has 0 aliphatic carbocycles. The number of ether oxygens (including phenoxy) is 2. The molecule has 0 aromatic heterocycles. The van der Waals surface area contributed by atoms with Crippen LogP contribution in [0.2, 0.25) is 10.0 Å². The van der Waals surface area contributed by atoms with Gasteiger partial charge in [0.25, 0.3) is 5.91 Å². The van der Waals surface area contributed by atoms with Crippen molar-refractivity contribution in [1.29, 1.82) is 0 Å². The minimum absolute atomic E-state index is 0.0148. The lowest BCUT2D eigenvalue weighted by atomic mass is 9.85. The number of amides is 1. The van der Waals surface area contributed by atoms with Gasteiger partial charge in [0.05, 0.1) is 24.1 Å². The maximum Gasteiger partial charge on any atom is 0.253 e. The van der Waals surface area contributed by atoms with Gasteiger partial charge in [-0.15, -0.1) is 0 Å². The van der Waals surface area contributed by atoms with E-state index in [0.29, 0.717) is 5.75 Å². The molecule has 166 valence electrons. The highest BCUT2D eigenvalue weighted by molar-refractivity contribution is 7.91. The Morgan fingerprint density at radius 3 is 2.34 bits per heavy atom. The molecule has 4 rings (SSSR count). The molecular weight excluding hydrogens is 475 g/mol. The van der Waals surface area contributed by atoms with Gasteiger partial charge in [-0.25, -0.2) is 8.42 Å². The van der Waals surface area contributed by atoms with E-state index < -0.39 is 21.3 Å². The normalized spacial score (nSPS) is 17.6. The summed E-state index contributed by atoms with van der Waals surface area (Å²) in [5.74, 6) is -0.164. The number of hydrogen-bond donors (Lipinski definition) is 2. The van der Waals surface area contributed by atoms with Gasteiger partial charge in [-0.05, 0) is 30.3 Å². The third kappa shape index (κ3) is 3.22. The van der Waals surface area contributed by atoms with Gasteiger partial charge in [0.2, 0.25) is 9.84 Å². The number of anilines is 1. The first-order valence-electron chi connectivity index (χ1n) is 9.31. The highest BCUT2D eigenvalue weighted by atomic mass is 35.5. The van der Waals surface area contributed by atoms with Crippen molar-refractivity contribution >= 4 is 44.6 Å². The maximum absolute atomic E-state index is 13.9. The summed E-state index contributed by atoms with van der Waals surface area (Å²) in [5, 5.41) is 2.77. The molecule has 1 atom stereocenters. The van der Waals surface area contributed by atoms with Crippen LogP contribution in [0.1, 0.15) is 11.1 Å². The van der Waals surface area contributed by atoms with E-state index in [1.54, 1.807) is 24.3 Å². The second-order valence-corrected chi connectivity index (χ2v) is 9.73. The van der Waals surface area contributed by atoms with Gasteiger partial charge in [-0.3, -0.25) is 4.79 Å². The average molecular weight is 493 g/mol. The number of hydrogen-bond acceptors (Lipinski definition) is 6. The topological polar surface area (TPSA) is 108 Å². The van der Waals surface area contributed by atoms with Gasteiger partial charge in [0, 0.05) is 27.9 Å². The molecule has 1 aliphatic rings. The van der Waals surface area contributed by atoms with Crippen LogP contribution in [0, 0.1) is 0 Å². The van der Waals surface area contributed by atoms with Crippen LogP contribution in [-0.4, -0.2) is 28.5 Å². The number of nitrogens with one attached hydrogen (secondary N) is 1. The van der Waals surface area contributed by atoms with Crippen LogP contribution < -0.4 is 20.5 Å². The van der Waals surface area contributed by atoms with Crippen LogP contribution in [0.15, 0.2) is 64.4 Å². The van der Waals surface area contributed by atoms with Gasteiger partial charge in [0.1, 0.15) is 16.4 Å². The number of carbonyl (C=O) groups excluding carboxylic acids is 1. The summed E-state index contributed by atoms with van der Waals surface area (Å²) < 4.78 is 38.2. The van der Waals surface area contributed by atoms with Gasteiger partial charge < -0.3 is 20.5 Å². The quantitative estimate of drug-likeness (QED) is 0.557. The zero-order chi connectivity index (χ0) is 23.3. The Labute approximate surface area is 195 Å². The number of benzene rings is 3. The van der Waals surface area contributed by atoms with E-state index in [1.807, 2.05) is 0 Å². The lowest BCUT2D eigenvalue weighted by Gasteiger charge is -2.26. The molecule has 1 unspecified atom stereocenters. The molecule has 0 radical (unpaired) electrons. The molecule has 1 heterocycles. The first-order chi connectivity index (χ1) is 15.2. The van der Waals surface area contributed by atoms with E-state index in [4.69, 9.17) is 38.4 Å². The van der Waals surface area contributed by atoms with Crippen LogP contribution >= 0.6 is 23.2 Å². The van der Waals surface area contributed by atoms with Crippen molar-refractivity contribution < 1.29 is 22.7 Å². The summed E-state index contributed by atoms with van der Waals surface area (Å²) in [5.41, 5.74) is 5.23. The smallest absolute Gasteiger partial charge is 0.253 e. The fraction of sp³-hybridized carbons (Fsp3) is 0.136. The molecule has 32 heavy (non-hydrogen) atoms. The molecule has 0 bridgehead atoms. The second kappa shape index (κ2) is 7.97. The second-order valence-electron chi connectivity index (χ2n) is 7.06. The molecule has 3 aromatic rings. The van der Waals surface area contributed by atoms with Crippen molar-refractivity contribution in [2.24, 2.45) is 5.73 Å². The van der Waals surface area contributed by atoms with E-state index in [-0.39, 0.29) is 42.4 Å². The Bertz CT molecular complexity index is 1360. The van der Waals surface area contributed by atoms with E-state index in [0.717, 1.165) is 0 Å². The van der Waals surface area contributed by atoms with Gasteiger partial charge >= 0.3 is 0 Å². The number of rotatable bonds is 5. The molecule has 10 heteroatoms. The number of sulfone groups is 1. The van der Waals surface area contributed by atoms with Crippen LogP contribution in [0.3, 0.4) is 0 Å². The third-order valence-electron chi connectivity index (χ3n) is 5.34. The molecule has 0 spiro atoms. The van der Waals surface area contributed by atoms with E-state index in [9.17, 15) is 13.2 Å². The molecule has 0 saturated heterocycles. The Morgan fingerprint density at radius 2 is 1.69 bits per heavy atom. The van der Waals surface area contributed by atoms with Crippen molar-refractivity contribution in [3.05, 3.63) is 75.8 Å². The minimum Gasteiger partial charge on any atom is -0.497 e. The summed E-state index contributed by atoms with van der Waals surface area (Å²) >= 11 is 12.8. The molecule has 7 nitrogen and oxygen atoms in total. The van der Waals surface area contributed by atoms with Crippen molar-refractivity contribution in [3.8, 4) is 11.5 Å². The van der Waals surface area contributed by atoms with Crippen LogP contribution in [-0.2, 0) is 20.2 Å². The monoisotopic (exact) mass is 492 g/mol. The van der Waals surface area contributed by atoms with Crippen LogP contribution in [0.25, 0.3) is 0 Å². The highest BCUT2D eigenvalue weighted by Crippen LogP contribution is 2.48. The van der Waals surface area contributed by atoms with Crippen LogP contribution in [0.5, 0.6) is 11.5 Å². The molecule has 0 fully saturated rings. The third-order valence-corrected chi connectivity index (χ3v) is 7.97. The fourth-order valence-electron chi connectivity index (χ4n) is 3.79. The van der Waals surface area contributed by atoms with E-state index in [2.05, 4.69) is 5.32 Å². The predicted octanol–water partition coefficient (Wildman–Crippen LogP) is 4.00. The molecular formula is C22H18Cl2N2O5S. The standard InChI is InChI=1S/C22H18Cl2N2O5S/c1-30-12-7-10-18(17(11-12)31-2)32(28,29)20-15(24)8-9-16-19(20)22(25,21(27)26-16)13-5-3-4-6-14(13)23/h3-11H,25H2,1-2H3,(H,26,27). The van der Waals surface area contributed by atoms with Crippen molar-refractivity contribution in [2.75, 3.05) is 19.5 Å². The summed E-state index contributed by atoms with van der Waals surface area (Å²) in [6.07, 6.45) is 0. The minimum atomic E-state index is -4.31. The predicted molar refractivity (Wildman–Crippen MR) is 121 cm³/mol. The van der Waals surface area contributed by atoms with Gasteiger partial charge in [-0.2, -0.15) is 0 Å². The first kappa shape index (κ1) is 22.4. The van der Waals surface area contributed by atoms with Crippen LogP contribution in [0.4, 0.5) is 5.69 Å². The Kier molecular flexibility index (Phi) is 5.58. The van der Waals surface area contributed by atoms with Crippen molar-refractivity contribution in [3.63, 3.8) is 0 Å². The number of halogens is 2. The number of carbonyl (C=O) groups is 1. The Balaban J connectivity index is 2.05. The zero-order valence-corrected chi connectivity index (χ0v) is 19.3. The van der Waals surface area contributed by atoms with Crippen molar-refractivity contribution in [2.45, 2.75) is 15.3 Å². The van der Waals surface area contributed by atoms with Gasteiger partial charge in [0.15, 0.2) is 5.54 Å². The Hall–Kier alpha value is -2.78. The molecule has 0 saturated carbocycles. The van der Waals surface area contributed by atoms with E-state index in [1.165, 1.54) is 44.6 Å². The summed E-state index contributed by atoms with van der Waals surface area (Å²) in [6, 6.07) is 13.7. The summed E-state index contributed by atoms with van der Waals surface area (Å²) in [4.78, 5) is 12.6. The SMILES string of the molecule is COc1ccc(S(=O)(=O)c2c(Cl)ccc3c2C(N)(c2ccccc2Cl)C(=O)N3)c(OC)c1. The van der Waals surface area contributed by atoms with Gasteiger partial charge in [-0.1, -0.05) is 41.4 Å². The highest BCUT2D eigenvalue weighted by Gasteiger charge is 2.50. The molecule has 1 amide bonds.